The summed E-state index contributed by atoms with van der Waals surface area (Å²) in [4.78, 5) is 27.5. The zero-order valence-corrected chi connectivity index (χ0v) is 18.8. The molecule has 1 atom stereocenters. The Morgan fingerprint density at radius 1 is 1.00 bits per heavy atom. The molecule has 7 heteroatoms. The zero-order valence-electron chi connectivity index (χ0n) is 18.8. The largest absolute Gasteiger partial charge is 0.321 e. The van der Waals surface area contributed by atoms with Gasteiger partial charge in [0.05, 0.1) is 0 Å². The molecular weight excluding hydrogens is 395 g/mol. The highest BCUT2D eigenvalue weighted by molar-refractivity contribution is 5.95. The third kappa shape index (κ3) is 6.12. The van der Waals surface area contributed by atoms with Gasteiger partial charge in [0.15, 0.2) is 12.6 Å². The number of quaternary nitrogens is 2. The second-order valence-electron chi connectivity index (χ2n) is 8.63. The number of halogens is 1. The molecule has 1 aliphatic rings. The van der Waals surface area contributed by atoms with Crippen molar-refractivity contribution >= 4 is 23.2 Å². The lowest BCUT2D eigenvalue weighted by Crippen LogP contribution is -3.30. The molecular formula is C24H33FN4O2+2. The number of hydrogen-bond acceptors (Lipinski definition) is 2. The molecule has 0 unspecified atom stereocenters. The number of piperazine rings is 1. The fraction of sp³-hybridized carbons (Fsp3) is 0.417. The molecule has 2 amide bonds. The summed E-state index contributed by atoms with van der Waals surface area (Å²) in [6.07, 6.45) is 0. The van der Waals surface area contributed by atoms with Crippen molar-refractivity contribution in [3.8, 4) is 0 Å². The summed E-state index contributed by atoms with van der Waals surface area (Å²) >= 11 is 0. The van der Waals surface area contributed by atoms with E-state index in [0.29, 0.717) is 12.2 Å². The van der Waals surface area contributed by atoms with E-state index in [1.165, 1.54) is 27.5 Å². The smallest absolute Gasteiger partial charge is 0.282 e. The highest BCUT2D eigenvalue weighted by Gasteiger charge is 2.32. The van der Waals surface area contributed by atoms with Gasteiger partial charge in [0.2, 0.25) is 0 Å². The van der Waals surface area contributed by atoms with Gasteiger partial charge in [-0.2, -0.15) is 0 Å². The number of carbonyl (C=O) groups excluding carboxylic acids is 2. The van der Waals surface area contributed by atoms with E-state index in [4.69, 9.17) is 0 Å². The Kier molecular flexibility index (Phi) is 7.41. The van der Waals surface area contributed by atoms with E-state index in [1.54, 1.807) is 12.1 Å². The Morgan fingerprint density at radius 2 is 1.65 bits per heavy atom. The molecule has 1 saturated heterocycles. The van der Waals surface area contributed by atoms with Gasteiger partial charge in [0, 0.05) is 11.4 Å². The number of hydrogen-bond donors (Lipinski definition) is 4. The maximum Gasteiger partial charge on any atom is 0.282 e. The molecule has 31 heavy (non-hydrogen) atoms. The molecule has 3 rings (SSSR count). The molecule has 0 radical (unpaired) electrons. The van der Waals surface area contributed by atoms with Crippen LogP contribution in [0.3, 0.4) is 0 Å². The summed E-state index contributed by atoms with van der Waals surface area (Å²) in [6.45, 7) is 11.7. The summed E-state index contributed by atoms with van der Waals surface area (Å²) < 4.78 is 13.3. The van der Waals surface area contributed by atoms with Crippen LogP contribution in [0.25, 0.3) is 0 Å². The van der Waals surface area contributed by atoms with Crippen molar-refractivity contribution in [1.29, 1.82) is 0 Å². The molecule has 166 valence electrons. The van der Waals surface area contributed by atoms with E-state index < -0.39 is 0 Å². The fourth-order valence-corrected chi connectivity index (χ4v) is 4.33. The van der Waals surface area contributed by atoms with Gasteiger partial charge in [-0.05, 0) is 57.0 Å². The molecule has 1 fully saturated rings. The first kappa shape index (κ1) is 22.9. The van der Waals surface area contributed by atoms with Gasteiger partial charge in [-0.15, -0.1) is 0 Å². The Bertz CT molecular complexity index is 931. The normalized spacial score (nSPS) is 19.5. The Hall–Kier alpha value is -2.77. The van der Waals surface area contributed by atoms with Crippen molar-refractivity contribution in [3.63, 3.8) is 0 Å². The number of nitrogens with one attached hydrogen (secondary N) is 4. The minimum absolute atomic E-state index is 0.0253. The van der Waals surface area contributed by atoms with Crippen molar-refractivity contribution < 1.29 is 23.8 Å². The first-order valence-corrected chi connectivity index (χ1v) is 10.8. The van der Waals surface area contributed by atoms with Crippen LogP contribution in [0, 0.1) is 26.6 Å². The molecule has 0 aliphatic carbocycles. The summed E-state index contributed by atoms with van der Waals surface area (Å²) in [5.41, 5.74) is 4.71. The first-order valence-electron chi connectivity index (χ1n) is 10.8. The standard InChI is InChI=1S/C24H31FN4O2/c1-16-12-17(2)23(18(3)13-16)27-24(31)19(4)29-10-8-28(9-11-29)15-22(30)26-21-7-5-6-20(25)14-21/h5-7,12-14,19H,8-11,15H2,1-4H3,(H,26,30)(H,27,31)/p+2/t19-/m1/s1. The number of aryl methyl sites for hydroxylation is 3. The van der Waals surface area contributed by atoms with Crippen LogP contribution in [0.2, 0.25) is 0 Å². The van der Waals surface area contributed by atoms with Crippen molar-refractivity contribution in [2.45, 2.75) is 33.7 Å². The van der Waals surface area contributed by atoms with Gasteiger partial charge < -0.3 is 20.4 Å². The van der Waals surface area contributed by atoms with E-state index in [0.717, 1.165) is 43.0 Å². The van der Waals surface area contributed by atoms with Gasteiger partial charge >= 0.3 is 0 Å². The quantitative estimate of drug-likeness (QED) is 0.542. The lowest BCUT2D eigenvalue weighted by atomic mass is 10.0. The SMILES string of the molecule is Cc1cc(C)c(NC(=O)[C@@H](C)[NH+]2CC[NH+](CC(=O)Nc3cccc(F)c3)CC2)c(C)c1. The van der Waals surface area contributed by atoms with Crippen LogP contribution < -0.4 is 20.4 Å². The Morgan fingerprint density at radius 3 is 2.26 bits per heavy atom. The number of amides is 2. The van der Waals surface area contributed by atoms with Crippen LogP contribution in [0.4, 0.5) is 15.8 Å². The predicted molar refractivity (Wildman–Crippen MR) is 120 cm³/mol. The molecule has 6 nitrogen and oxygen atoms in total. The molecule has 2 aromatic rings. The van der Waals surface area contributed by atoms with Crippen LogP contribution in [-0.4, -0.2) is 50.6 Å². The Labute approximate surface area is 183 Å². The second-order valence-corrected chi connectivity index (χ2v) is 8.63. The average molecular weight is 429 g/mol. The first-order chi connectivity index (χ1) is 14.7. The fourth-order valence-electron chi connectivity index (χ4n) is 4.33. The molecule has 0 spiro atoms. The van der Waals surface area contributed by atoms with Gasteiger partial charge in [0.1, 0.15) is 32.0 Å². The van der Waals surface area contributed by atoms with E-state index in [9.17, 15) is 14.0 Å². The molecule has 0 aromatic heterocycles. The second kappa shape index (κ2) is 10.0. The summed E-state index contributed by atoms with van der Waals surface area (Å²) in [5, 5.41) is 5.87. The highest BCUT2D eigenvalue weighted by atomic mass is 19.1. The van der Waals surface area contributed by atoms with Gasteiger partial charge in [-0.3, -0.25) is 9.59 Å². The van der Waals surface area contributed by atoms with Gasteiger partial charge in [0.25, 0.3) is 11.8 Å². The third-order valence-corrected chi connectivity index (χ3v) is 6.05. The van der Waals surface area contributed by atoms with Crippen LogP contribution in [0.1, 0.15) is 23.6 Å². The third-order valence-electron chi connectivity index (χ3n) is 6.05. The zero-order chi connectivity index (χ0) is 22.5. The Balaban J connectivity index is 1.48. The molecule has 1 heterocycles. The molecule has 4 N–H and O–H groups in total. The van der Waals surface area contributed by atoms with Crippen molar-refractivity contribution in [3.05, 3.63) is 58.9 Å². The number of rotatable bonds is 6. The number of benzene rings is 2. The molecule has 0 bridgehead atoms. The lowest BCUT2D eigenvalue weighted by Gasteiger charge is -2.32. The number of anilines is 2. The lowest BCUT2D eigenvalue weighted by molar-refractivity contribution is -1.01. The topological polar surface area (TPSA) is 67.1 Å². The van der Waals surface area contributed by atoms with Crippen LogP contribution in [0.5, 0.6) is 0 Å². The van der Waals surface area contributed by atoms with E-state index >= 15 is 0 Å². The monoisotopic (exact) mass is 428 g/mol. The summed E-state index contributed by atoms with van der Waals surface area (Å²) in [5.74, 6) is -0.469. The molecule has 0 saturated carbocycles. The van der Waals surface area contributed by atoms with Crippen molar-refractivity contribution in [2.75, 3.05) is 43.4 Å². The van der Waals surface area contributed by atoms with Gasteiger partial charge in [-0.25, -0.2) is 4.39 Å². The van der Waals surface area contributed by atoms with Crippen molar-refractivity contribution in [2.24, 2.45) is 0 Å². The van der Waals surface area contributed by atoms with Crippen molar-refractivity contribution in [1.82, 2.24) is 0 Å². The van der Waals surface area contributed by atoms with Crippen LogP contribution in [-0.2, 0) is 9.59 Å². The predicted octanol–water partition coefficient (Wildman–Crippen LogP) is 0.500. The van der Waals surface area contributed by atoms with Crippen LogP contribution >= 0.6 is 0 Å². The summed E-state index contributed by atoms with van der Waals surface area (Å²) in [6, 6.07) is 9.91. The average Bonchev–Trinajstić information content (AvgIpc) is 2.70. The maximum absolute atomic E-state index is 13.3. The maximum atomic E-state index is 13.3. The molecule has 2 aromatic carbocycles. The van der Waals surface area contributed by atoms with Gasteiger partial charge in [-0.1, -0.05) is 23.8 Å². The van der Waals surface area contributed by atoms with E-state index in [-0.39, 0.29) is 23.7 Å². The highest BCUT2D eigenvalue weighted by Crippen LogP contribution is 2.21. The van der Waals surface area contributed by atoms with Crippen LogP contribution in [0.15, 0.2) is 36.4 Å². The minimum atomic E-state index is -0.370. The van der Waals surface area contributed by atoms with E-state index in [1.807, 2.05) is 20.8 Å². The number of carbonyl (C=O) groups is 2. The minimum Gasteiger partial charge on any atom is -0.321 e. The van der Waals surface area contributed by atoms with E-state index in [2.05, 4.69) is 29.7 Å². The molecule has 1 aliphatic heterocycles. The summed E-state index contributed by atoms with van der Waals surface area (Å²) in [7, 11) is 0.